The van der Waals surface area contributed by atoms with E-state index in [9.17, 15) is 4.79 Å². The van der Waals surface area contributed by atoms with Crippen LogP contribution in [0.3, 0.4) is 0 Å². The van der Waals surface area contributed by atoms with Crippen molar-refractivity contribution in [2.75, 3.05) is 18.0 Å². The van der Waals surface area contributed by atoms with E-state index in [2.05, 4.69) is 17.0 Å². The maximum atomic E-state index is 11.9. The molecule has 0 amide bonds. The predicted octanol–water partition coefficient (Wildman–Crippen LogP) is 2.87. The Morgan fingerprint density at radius 2 is 2.11 bits per heavy atom. The van der Waals surface area contributed by atoms with Crippen LogP contribution in [0.15, 0.2) is 27.4 Å². The molecule has 0 aliphatic carbocycles. The molecule has 1 saturated heterocycles. The molecule has 1 aliphatic heterocycles. The molecule has 1 aromatic heterocycles. The largest absolute Gasteiger partial charge is 0.422 e. The van der Waals surface area contributed by atoms with Gasteiger partial charge in [0.2, 0.25) is 0 Å². The van der Waals surface area contributed by atoms with E-state index < -0.39 is 0 Å². The van der Waals surface area contributed by atoms with E-state index >= 15 is 0 Å². The highest BCUT2D eigenvalue weighted by atomic mass is 16.4. The van der Waals surface area contributed by atoms with Gasteiger partial charge in [-0.25, -0.2) is 4.79 Å². The molecule has 0 bridgehead atoms. The number of rotatable bonds is 2. The van der Waals surface area contributed by atoms with Crippen molar-refractivity contribution in [2.45, 2.75) is 26.7 Å². The van der Waals surface area contributed by atoms with Gasteiger partial charge < -0.3 is 9.32 Å². The highest BCUT2D eigenvalue weighted by Crippen LogP contribution is 2.27. The van der Waals surface area contributed by atoms with Gasteiger partial charge in [-0.05, 0) is 37.5 Å². The number of hydrogen-bond donors (Lipinski definition) is 0. The zero-order valence-corrected chi connectivity index (χ0v) is 10.8. The third-order valence-electron chi connectivity index (χ3n) is 3.85. The quantitative estimate of drug-likeness (QED) is 0.760. The molecule has 0 unspecified atom stereocenters. The lowest BCUT2D eigenvalue weighted by atomic mass is 10.0. The molecule has 3 rings (SSSR count). The first-order chi connectivity index (χ1) is 8.70. The molecular weight excluding hydrogens is 226 g/mol. The Kier molecular flexibility index (Phi) is 2.62. The van der Waals surface area contributed by atoms with E-state index in [-0.39, 0.29) is 5.63 Å². The summed E-state index contributed by atoms with van der Waals surface area (Å²) in [6.07, 6.45) is 1.97. The molecule has 0 atom stereocenters. The molecular formula is C15H17NO2. The molecule has 0 saturated carbocycles. The lowest BCUT2D eigenvalue weighted by Gasteiger charge is -2.33. The van der Waals surface area contributed by atoms with Gasteiger partial charge in [0.1, 0.15) is 5.58 Å². The van der Waals surface area contributed by atoms with Gasteiger partial charge in [-0.3, -0.25) is 0 Å². The lowest BCUT2D eigenvalue weighted by Crippen LogP contribution is -2.36. The minimum Gasteiger partial charge on any atom is -0.422 e. The van der Waals surface area contributed by atoms with Crippen LogP contribution in [0.1, 0.15) is 24.5 Å². The van der Waals surface area contributed by atoms with Crippen LogP contribution in [0.4, 0.5) is 5.69 Å². The fourth-order valence-electron chi connectivity index (χ4n) is 2.56. The van der Waals surface area contributed by atoms with Gasteiger partial charge in [-0.2, -0.15) is 0 Å². The fourth-order valence-corrected chi connectivity index (χ4v) is 2.56. The Balaban J connectivity index is 2.20. The Labute approximate surface area is 106 Å². The summed E-state index contributed by atoms with van der Waals surface area (Å²) in [5.41, 5.74) is 3.51. The van der Waals surface area contributed by atoms with E-state index in [1.165, 1.54) is 6.42 Å². The van der Waals surface area contributed by atoms with Crippen molar-refractivity contribution in [3.8, 4) is 0 Å². The maximum absolute atomic E-state index is 11.9. The highest BCUT2D eigenvalue weighted by molar-refractivity contribution is 5.84. The van der Waals surface area contributed by atoms with Crippen LogP contribution in [0.5, 0.6) is 0 Å². The summed E-state index contributed by atoms with van der Waals surface area (Å²) in [6, 6.07) is 6.18. The molecule has 1 fully saturated rings. The summed E-state index contributed by atoms with van der Waals surface area (Å²) in [5.74, 6) is 0. The minimum absolute atomic E-state index is 0.191. The Hall–Kier alpha value is -1.77. The molecule has 3 heteroatoms. The number of nitrogens with zero attached hydrogens (tertiary/aromatic N) is 1. The number of aryl methyl sites for hydroxylation is 1. The molecule has 0 N–H and O–H groups in total. The highest BCUT2D eigenvalue weighted by Gasteiger charge is 2.16. The van der Waals surface area contributed by atoms with E-state index in [1.807, 2.05) is 19.9 Å². The molecule has 2 heterocycles. The Bertz CT molecular complexity index is 653. The van der Waals surface area contributed by atoms with Crippen LogP contribution < -0.4 is 10.5 Å². The van der Waals surface area contributed by atoms with Gasteiger partial charge in [-0.15, -0.1) is 0 Å². The summed E-state index contributed by atoms with van der Waals surface area (Å²) >= 11 is 0. The van der Waals surface area contributed by atoms with Gasteiger partial charge in [0.15, 0.2) is 0 Å². The van der Waals surface area contributed by atoms with Crippen molar-refractivity contribution in [3.63, 3.8) is 0 Å². The summed E-state index contributed by atoms with van der Waals surface area (Å²) < 4.78 is 5.44. The average molecular weight is 243 g/mol. The van der Waals surface area contributed by atoms with E-state index in [1.54, 1.807) is 0 Å². The molecule has 1 aromatic carbocycles. The molecule has 1 aliphatic rings. The van der Waals surface area contributed by atoms with Crippen LogP contribution >= 0.6 is 0 Å². The number of anilines is 1. The third-order valence-corrected chi connectivity index (χ3v) is 3.85. The number of fused-ring (bicyclic) bond motifs is 1. The maximum Gasteiger partial charge on any atom is 0.339 e. The second-order valence-electron chi connectivity index (χ2n) is 4.87. The van der Waals surface area contributed by atoms with Gasteiger partial charge in [0.05, 0.1) is 0 Å². The van der Waals surface area contributed by atoms with E-state index in [4.69, 9.17) is 4.42 Å². The van der Waals surface area contributed by atoms with Crippen LogP contribution in [0.2, 0.25) is 0 Å². The zero-order chi connectivity index (χ0) is 12.7. The van der Waals surface area contributed by atoms with Gasteiger partial charge in [-0.1, -0.05) is 6.92 Å². The summed E-state index contributed by atoms with van der Waals surface area (Å²) in [4.78, 5) is 14.2. The Morgan fingerprint density at radius 3 is 2.72 bits per heavy atom. The SMILES string of the molecule is CCc1c(C)c2ccc(N3CCC3)cc2oc1=O. The van der Waals surface area contributed by atoms with Crippen molar-refractivity contribution in [1.29, 1.82) is 0 Å². The second-order valence-corrected chi connectivity index (χ2v) is 4.87. The topological polar surface area (TPSA) is 33.5 Å². The van der Waals surface area contributed by atoms with E-state index in [0.717, 1.165) is 41.7 Å². The molecule has 18 heavy (non-hydrogen) atoms. The summed E-state index contributed by atoms with van der Waals surface area (Å²) in [7, 11) is 0. The molecule has 0 radical (unpaired) electrons. The Morgan fingerprint density at radius 1 is 1.33 bits per heavy atom. The van der Waals surface area contributed by atoms with Crippen molar-refractivity contribution < 1.29 is 4.42 Å². The van der Waals surface area contributed by atoms with Gasteiger partial charge in [0.25, 0.3) is 0 Å². The first-order valence-electron chi connectivity index (χ1n) is 6.52. The van der Waals surface area contributed by atoms with Gasteiger partial charge >= 0.3 is 5.63 Å². The van der Waals surface area contributed by atoms with Crippen molar-refractivity contribution in [1.82, 2.24) is 0 Å². The monoisotopic (exact) mass is 243 g/mol. The zero-order valence-electron chi connectivity index (χ0n) is 10.8. The third kappa shape index (κ3) is 1.62. The van der Waals surface area contributed by atoms with Crippen LogP contribution in [-0.2, 0) is 6.42 Å². The molecule has 2 aromatic rings. The van der Waals surface area contributed by atoms with Crippen molar-refractivity contribution in [3.05, 3.63) is 39.7 Å². The fraction of sp³-hybridized carbons (Fsp3) is 0.400. The molecule has 3 nitrogen and oxygen atoms in total. The minimum atomic E-state index is -0.191. The first-order valence-corrected chi connectivity index (χ1v) is 6.52. The smallest absolute Gasteiger partial charge is 0.339 e. The summed E-state index contributed by atoms with van der Waals surface area (Å²) in [6.45, 7) is 6.18. The van der Waals surface area contributed by atoms with Crippen LogP contribution in [0, 0.1) is 6.92 Å². The standard InChI is InChI=1S/C15H17NO2/c1-3-12-10(2)13-6-5-11(16-7-4-8-16)9-14(13)18-15(12)17/h5-6,9H,3-4,7-8H2,1-2H3. The van der Waals surface area contributed by atoms with Crippen molar-refractivity contribution in [2.24, 2.45) is 0 Å². The second kappa shape index (κ2) is 4.16. The average Bonchev–Trinajstić information content (AvgIpc) is 2.26. The van der Waals surface area contributed by atoms with E-state index in [0.29, 0.717) is 5.58 Å². The lowest BCUT2D eigenvalue weighted by molar-refractivity contribution is 0.549. The summed E-state index contributed by atoms with van der Waals surface area (Å²) in [5, 5.41) is 1.05. The van der Waals surface area contributed by atoms with Crippen LogP contribution in [-0.4, -0.2) is 13.1 Å². The molecule has 94 valence electrons. The predicted molar refractivity (Wildman–Crippen MR) is 73.4 cm³/mol. The molecule has 0 spiro atoms. The number of hydrogen-bond acceptors (Lipinski definition) is 3. The number of benzene rings is 1. The normalized spacial score (nSPS) is 14.9. The van der Waals surface area contributed by atoms with Crippen molar-refractivity contribution >= 4 is 16.7 Å². The van der Waals surface area contributed by atoms with Gasteiger partial charge in [0, 0.05) is 35.8 Å². The van der Waals surface area contributed by atoms with Crippen LogP contribution in [0.25, 0.3) is 11.0 Å². The first kappa shape index (κ1) is 11.3.